The summed E-state index contributed by atoms with van der Waals surface area (Å²) in [7, 11) is 0. The Morgan fingerprint density at radius 3 is 1.31 bits per heavy atom. The van der Waals surface area contributed by atoms with Gasteiger partial charge in [-0.05, 0) is 148 Å². The average molecular weight is 881 g/mol. The standard InChI is InChI=1S/C25H29NO3.C13H13NO.C12H18O3.5CH4/c27-23(25-13-18-9-19(14-25)11-20(10-18)15-25)24(28)26-21-7-4-8-22(12-21)29-16-17-5-2-1-3-6-17;14-12-7-4-8-13(9-12)15-10-11-5-2-1-3-6-11;13-10(11(14)15)12-4-7-1-8(5-12)3-9(2-7)6-12;;;;;/h1-8,12,18-20,23,27H,9-11,13-16H2,(H,26,28);1-9H,10,14H2;7-10,13H,1-6H2,(H,14,15);5*1H4. The largest absolute Gasteiger partial charge is 0.489 e. The highest BCUT2D eigenvalue weighted by atomic mass is 16.5. The van der Waals surface area contributed by atoms with Crippen LogP contribution in [-0.2, 0) is 22.8 Å². The summed E-state index contributed by atoms with van der Waals surface area (Å²) in [6.07, 6.45) is 11.6. The molecule has 12 rings (SSSR count). The van der Waals surface area contributed by atoms with Gasteiger partial charge < -0.3 is 35.8 Å². The third kappa shape index (κ3) is 12.7. The molecule has 8 aliphatic rings. The zero-order valence-corrected chi connectivity index (χ0v) is 34.0. The monoisotopic (exact) mass is 881 g/mol. The summed E-state index contributed by atoms with van der Waals surface area (Å²) >= 11 is 0. The van der Waals surface area contributed by atoms with Gasteiger partial charge in [0.2, 0.25) is 0 Å². The number of aliphatic hydroxyl groups excluding tert-OH is 2. The van der Waals surface area contributed by atoms with Gasteiger partial charge in [0, 0.05) is 34.3 Å². The maximum absolute atomic E-state index is 12.9. The Morgan fingerprint density at radius 2 is 0.922 bits per heavy atom. The second kappa shape index (κ2) is 23.4. The first-order chi connectivity index (χ1) is 28.5. The van der Waals surface area contributed by atoms with Gasteiger partial charge in [-0.15, -0.1) is 0 Å². The van der Waals surface area contributed by atoms with Crippen molar-refractivity contribution < 1.29 is 34.4 Å². The number of carboxylic acids is 1. The molecule has 0 spiro atoms. The van der Waals surface area contributed by atoms with Crippen LogP contribution >= 0.6 is 0 Å². The van der Waals surface area contributed by atoms with Crippen LogP contribution in [0.3, 0.4) is 0 Å². The van der Waals surface area contributed by atoms with E-state index in [-0.39, 0.29) is 53.9 Å². The van der Waals surface area contributed by atoms with Gasteiger partial charge in [0.05, 0.1) is 0 Å². The molecule has 0 aliphatic heterocycles. The number of ether oxygens (including phenoxy) is 2. The minimum atomic E-state index is -1.12. The topological polar surface area (TPSA) is 151 Å². The van der Waals surface area contributed by atoms with Crippen LogP contribution in [0.15, 0.2) is 109 Å². The SMILES string of the molecule is C.C.C.C.C.Nc1cccc(OCc2ccccc2)c1.O=C(Nc1cccc(OCc2ccccc2)c1)C(O)C12CC3CC(CC(C3)C1)C2.O=C(O)C(O)C12CC3CC(CC(C3)C1)C2. The molecule has 1 amide bonds. The van der Waals surface area contributed by atoms with Crippen molar-refractivity contribution in [2.75, 3.05) is 11.1 Å². The molecule has 8 bridgehead atoms. The van der Waals surface area contributed by atoms with Gasteiger partial charge in [0.25, 0.3) is 5.91 Å². The molecular formula is C55H80N2O7. The Hall–Kier alpha value is -4.86. The van der Waals surface area contributed by atoms with E-state index in [0.717, 1.165) is 61.1 Å². The average Bonchev–Trinajstić information content (AvgIpc) is 3.22. The number of carboxylic acid groups (broad SMARTS) is 1. The first-order valence-corrected chi connectivity index (χ1v) is 21.7. The van der Waals surface area contributed by atoms with E-state index in [0.29, 0.717) is 60.2 Å². The molecule has 4 aromatic rings. The Morgan fingerprint density at radius 1 is 0.547 bits per heavy atom. The van der Waals surface area contributed by atoms with Gasteiger partial charge in [-0.3, -0.25) is 4.79 Å². The van der Waals surface area contributed by atoms with E-state index in [9.17, 15) is 19.8 Å². The number of rotatable bonds is 11. The van der Waals surface area contributed by atoms with Crippen LogP contribution in [0.25, 0.3) is 0 Å². The summed E-state index contributed by atoms with van der Waals surface area (Å²) in [4.78, 5) is 23.9. The number of hydrogen-bond donors (Lipinski definition) is 5. The van der Waals surface area contributed by atoms with Gasteiger partial charge in [-0.25, -0.2) is 4.79 Å². The lowest BCUT2D eigenvalue weighted by Crippen LogP contribution is -2.55. The van der Waals surface area contributed by atoms with E-state index in [2.05, 4.69) is 5.32 Å². The zero-order valence-electron chi connectivity index (χ0n) is 34.0. The summed E-state index contributed by atoms with van der Waals surface area (Å²) in [5.74, 6) is 4.44. The Labute approximate surface area is 385 Å². The number of nitrogens with one attached hydrogen (secondary N) is 1. The molecule has 2 atom stereocenters. The summed E-state index contributed by atoms with van der Waals surface area (Å²) in [6, 6.07) is 34.9. The fraction of sp³-hybridized carbons (Fsp3) is 0.527. The molecule has 8 aliphatic carbocycles. The van der Waals surface area contributed by atoms with Crippen LogP contribution < -0.4 is 20.5 Å². The molecule has 8 saturated carbocycles. The van der Waals surface area contributed by atoms with Crippen molar-refractivity contribution in [3.8, 4) is 11.5 Å². The third-order valence-corrected chi connectivity index (χ3v) is 14.3. The number of nitrogen functional groups attached to an aromatic ring is 1. The molecular weight excluding hydrogens is 801 g/mol. The van der Waals surface area contributed by atoms with E-state index in [1.807, 2.05) is 109 Å². The van der Waals surface area contributed by atoms with Crippen LogP contribution in [0.2, 0.25) is 0 Å². The van der Waals surface area contributed by atoms with Gasteiger partial charge >= 0.3 is 5.97 Å². The highest BCUT2D eigenvalue weighted by Gasteiger charge is 2.57. The summed E-state index contributed by atoms with van der Waals surface area (Å²) in [5.41, 5.74) is 8.82. The summed E-state index contributed by atoms with van der Waals surface area (Å²) in [6.45, 7) is 1.05. The molecule has 4 aromatic carbocycles. The molecule has 352 valence electrons. The summed E-state index contributed by atoms with van der Waals surface area (Å²) < 4.78 is 11.5. The number of carbonyl (C=O) groups excluding carboxylic acids is 1. The Kier molecular flexibility index (Phi) is 19.5. The van der Waals surface area contributed by atoms with Crippen molar-refractivity contribution in [3.63, 3.8) is 0 Å². The highest BCUT2D eigenvalue weighted by Crippen LogP contribution is 2.62. The van der Waals surface area contributed by atoms with Crippen molar-refractivity contribution in [2.45, 2.75) is 140 Å². The number of benzene rings is 4. The number of aliphatic carboxylic acids is 1. The van der Waals surface area contributed by atoms with E-state index in [1.54, 1.807) is 0 Å². The smallest absolute Gasteiger partial charge is 0.333 e. The van der Waals surface area contributed by atoms with Gasteiger partial charge in [-0.2, -0.15) is 0 Å². The summed E-state index contributed by atoms with van der Waals surface area (Å²) in [5, 5.41) is 32.8. The molecule has 0 heterocycles. The molecule has 0 saturated heterocycles. The highest BCUT2D eigenvalue weighted by molar-refractivity contribution is 5.94. The molecule has 0 aromatic heterocycles. The van der Waals surface area contributed by atoms with E-state index in [1.165, 1.54) is 38.5 Å². The number of anilines is 2. The Bertz CT molecular complexity index is 1970. The maximum Gasteiger partial charge on any atom is 0.333 e. The van der Waals surface area contributed by atoms with Crippen LogP contribution in [-0.4, -0.2) is 39.4 Å². The van der Waals surface area contributed by atoms with Crippen molar-refractivity contribution in [2.24, 2.45) is 46.3 Å². The lowest BCUT2D eigenvalue weighted by atomic mass is 9.48. The van der Waals surface area contributed by atoms with Crippen LogP contribution in [0.4, 0.5) is 11.4 Å². The second-order valence-electron chi connectivity index (χ2n) is 18.8. The van der Waals surface area contributed by atoms with Crippen molar-refractivity contribution in [1.29, 1.82) is 0 Å². The Balaban J connectivity index is 0.000000267. The van der Waals surface area contributed by atoms with Gasteiger partial charge in [0.15, 0.2) is 6.10 Å². The van der Waals surface area contributed by atoms with Crippen molar-refractivity contribution >= 4 is 23.3 Å². The maximum atomic E-state index is 12.9. The van der Waals surface area contributed by atoms with Crippen LogP contribution in [0, 0.1) is 46.3 Å². The number of nitrogens with two attached hydrogens (primary N) is 1. The second-order valence-corrected chi connectivity index (χ2v) is 18.8. The quantitative estimate of drug-likeness (QED) is 0.0934. The minimum absolute atomic E-state index is 0. The zero-order chi connectivity index (χ0) is 41.0. The number of aliphatic hydroxyl groups is 2. The fourth-order valence-corrected chi connectivity index (χ4v) is 12.5. The van der Waals surface area contributed by atoms with Crippen LogP contribution in [0.1, 0.15) is 125 Å². The lowest BCUT2D eigenvalue weighted by Gasteiger charge is -2.57. The number of hydrogen-bond acceptors (Lipinski definition) is 7. The van der Waals surface area contributed by atoms with E-state index in [4.69, 9.17) is 20.3 Å². The van der Waals surface area contributed by atoms with Gasteiger partial charge in [0.1, 0.15) is 30.8 Å². The molecule has 64 heavy (non-hydrogen) atoms. The van der Waals surface area contributed by atoms with Crippen molar-refractivity contribution in [1.82, 2.24) is 0 Å². The lowest BCUT2D eigenvalue weighted by molar-refractivity contribution is -0.170. The van der Waals surface area contributed by atoms with Crippen molar-refractivity contribution in [3.05, 3.63) is 120 Å². The minimum Gasteiger partial charge on any atom is -0.489 e. The van der Waals surface area contributed by atoms with Crippen LogP contribution in [0.5, 0.6) is 11.5 Å². The molecule has 8 fully saturated rings. The first-order valence-electron chi connectivity index (χ1n) is 21.7. The molecule has 6 N–H and O–H groups in total. The molecule has 0 radical (unpaired) electrons. The number of carbonyl (C=O) groups is 2. The third-order valence-electron chi connectivity index (χ3n) is 14.3. The predicted molar refractivity (Wildman–Crippen MR) is 262 cm³/mol. The predicted octanol–water partition coefficient (Wildman–Crippen LogP) is 12.5. The van der Waals surface area contributed by atoms with Gasteiger partial charge in [-0.1, -0.05) is 110 Å². The fourth-order valence-electron chi connectivity index (χ4n) is 12.5. The van der Waals surface area contributed by atoms with E-state index < -0.39 is 18.2 Å². The van der Waals surface area contributed by atoms with E-state index >= 15 is 0 Å². The number of amides is 1. The normalized spacial score (nSPS) is 27.8. The molecule has 2 unspecified atom stereocenters. The molecule has 9 nitrogen and oxygen atoms in total. The first kappa shape index (κ1) is 53.5. The molecule has 9 heteroatoms.